The molecule has 0 bridgehead atoms. The SMILES string of the molecule is FC(F)c1cc(-c2c(Cl)cccc2Oc2ncc(Br)cn2)on1. The third-order valence-corrected chi connectivity index (χ3v) is 3.50. The molecule has 5 nitrogen and oxygen atoms in total. The van der Waals surface area contributed by atoms with E-state index >= 15 is 0 Å². The molecule has 9 heteroatoms. The zero-order chi connectivity index (χ0) is 16.4. The van der Waals surface area contributed by atoms with Crippen molar-refractivity contribution in [2.24, 2.45) is 0 Å². The van der Waals surface area contributed by atoms with Gasteiger partial charge in [0.1, 0.15) is 11.4 Å². The van der Waals surface area contributed by atoms with Gasteiger partial charge >= 0.3 is 6.01 Å². The van der Waals surface area contributed by atoms with Gasteiger partial charge in [-0.3, -0.25) is 0 Å². The summed E-state index contributed by atoms with van der Waals surface area (Å²) in [6.07, 6.45) is 0.278. The van der Waals surface area contributed by atoms with E-state index in [1.807, 2.05) is 0 Å². The lowest BCUT2D eigenvalue weighted by atomic mass is 10.1. The first-order chi connectivity index (χ1) is 11.0. The van der Waals surface area contributed by atoms with Crippen LogP contribution in [0.15, 0.2) is 45.7 Å². The Morgan fingerprint density at radius 2 is 1.96 bits per heavy atom. The third kappa shape index (κ3) is 3.48. The van der Waals surface area contributed by atoms with Crippen LogP contribution in [0.1, 0.15) is 12.1 Å². The molecule has 0 aliphatic rings. The van der Waals surface area contributed by atoms with Crippen molar-refractivity contribution in [2.45, 2.75) is 6.43 Å². The van der Waals surface area contributed by atoms with Crippen LogP contribution in [-0.4, -0.2) is 15.1 Å². The van der Waals surface area contributed by atoms with Crippen LogP contribution in [0.5, 0.6) is 11.8 Å². The summed E-state index contributed by atoms with van der Waals surface area (Å²) in [6, 6.07) is 6.00. The Morgan fingerprint density at radius 3 is 2.61 bits per heavy atom. The zero-order valence-corrected chi connectivity index (χ0v) is 13.6. The van der Waals surface area contributed by atoms with Crippen LogP contribution < -0.4 is 4.74 Å². The maximum Gasteiger partial charge on any atom is 0.321 e. The number of ether oxygens (including phenoxy) is 1. The van der Waals surface area contributed by atoms with E-state index in [2.05, 4.69) is 31.1 Å². The first kappa shape index (κ1) is 15.8. The fraction of sp³-hybridized carbons (Fsp3) is 0.0714. The summed E-state index contributed by atoms with van der Waals surface area (Å²) in [4.78, 5) is 7.96. The monoisotopic (exact) mass is 401 g/mol. The van der Waals surface area contributed by atoms with Crippen molar-refractivity contribution < 1.29 is 18.0 Å². The van der Waals surface area contributed by atoms with E-state index < -0.39 is 12.1 Å². The minimum absolute atomic E-state index is 0.0676. The van der Waals surface area contributed by atoms with Crippen LogP contribution in [0, 0.1) is 0 Å². The van der Waals surface area contributed by atoms with Crippen molar-refractivity contribution in [1.29, 1.82) is 0 Å². The summed E-state index contributed by atoms with van der Waals surface area (Å²) in [5, 5.41) is 3.58. The van der Waals surface area contributed by atoms with Crippen LogP contribution in [0.2, 0.25) is 5.02 Å². The summed E-state index contributed by atoms with van der Waals surface area (Å²) < 4.78 is 36.5. The second kappa shape index (κ2) is 6.59. The average molecular weight is 403 g/mol. The molecule has 0 amide bonds. The summed E-state index contributed by atoms with van der Waals surface area (Å²) in [5.41, 5.74) is -0.189. The maximum atomic E-state index is 12.7. The number of hydrogen-bond acceptors (Lipinski definition) is 5. The van der Waals surface area contributed by atoms with Crippen LogP contribution in [0.3, 0.4) is 0 Å². The third-order valence-electron chi connectivity index (χ3n) is 2.77. The number of benzene rings is 1. The van der Waals surface area contributed by atoms with E-state index in [1.54, 1.807) is 18.2 Å². The van der Waals surface area contributed by atoms with Crippen LogP contribution in [-0.2, 0) is 0 Å². The largest absolute Gasteiger partial charge is 0.423 e. The Morgan fingerprint density at radius 1 is 1.22 bits per heavy atom. The summed E-state index contributed by atoms with van der Waals surface area (Å²) in [7, 11) is 0. The molecule has 1 aromatic carbocycles. The molecule has 118 valence electrons. The summed E-state index contributed by atoms with van der Waals surface area (Å²) in [6.45, 7) is 0. The topological polar surface area (TPSA) is 61.0 Å². The lowest BCUT2D eigenvalue weighted by molar-refractivity contribution is 0.140. The lowest BCUT2D eigenvalue weighted by Crippen LogP contribution is -1.93. The highest BCUT2D eigenvalue weighted by Crippen LogP contribution is 2.39. The van der Waals surface area contributed by atoms with Gasteiger partial charge in [-0.15, -0.1) is 0 Å². The molecule has 3 rings (SSSR count). The number of nitrogens with zero attached hydrogens (tertiary/aromatic N) is 3. The van der Waals surface area contributed by atoms with E-state index in [4.69, 9.17) is 20.9 Å². The molecular weight excluding hydrogens is 396 g/mol. The van der Waals surface area contributed by atoms with Gasteiger partial charge in [0.05, 0.1) is 15.1 Å². The molecule has 0 N–H and O–H groups in total. The fourth-order valence-electron chi connectivity index (χ4n) is 1.79. The van der Waals surface area contributed by atoms with Crippen molar-refractivity contribution in [3.05, 3.63) is 51.8 Å². The minimum Gasteiger partial charge on any atom is -0.423 e. The molecule has 0 atom stereocenters. The van der Waals surface area contributed by atoms with E-state index in [-0.39, 0.29) is 22.5 Å². The smallest absolute Gasteiger partial charge is 0.321 e. The Labute approximate surface area is 142 Å². The predicted molar refractivity (Wildman–Crippen MR) is 81.7 cm³/mol. The molecule has 3 aromatic rings. The van der Waals surface area contributed by atoms with Crippen molar-refractivity contribution in [2.75, 3.05) is 0 Å². The molecule has 2 heterocycles. The molecule has 0 aliphatic heterocycles. The highest BCUT2D eigenvalue weighted by Gasteiger charge is 2.20. The van der Waals surface area contributed by atoms with Crippen molar-refractivity contribution in [1.82, 2.24) is 15.1 Å². The number of hydrogen-bond donors (Lipinski definition) is 0. The molecule has 0 aliphatic carbocycles. The van der Waals surface area contributed by atoms with Crippen molar-refractivity contribution in [3.8, 4) is 23.1 Å². The molecule has 0 fully saturated rings. The molecule has 0 spiro atoms. The Kier molecular flexibility index (Phi) is 4.53. The van der Waals surface area contributed by atoms with E-state index in [0.29, 0.717) is 10.0 Å². The first-order valence-corrected chi connectivity index (χ1v) is 7.40. The Bertz CT molecular complexity index is 827. The normalized spacial score (nSPS) is 11.0. The van der Waals surface area contributed by atoms with Crippen LogP contribution in [0.25, 0.3) is 11.3 Å². The predicted octanol–water partition coefficient (Wildman–Crippen LogP) is 5.28. The van der Waals surface area contributed by atoms with Gasteiger partial charge in [-0.2, -0.15) is 0 Å². The molecule has 0 unspecified atom stereocenters. The van der Waals surface area contributed by atoms with Gasteiger partial charge < -0.3 is 9.26 Å². The standard InChI is InChI=1S/C14H7BrClF2N3O2/c15-7-5-19-14(20-6-7)22-10-3-1-2-8(16)12(10)11-4-9(13(17)18)21-23-11/h1-6,13H. The van der Waals surface area contributed by atoms with Crippen molar-refractivity contribution >= 4 is 27.5 Å². The van der Waals surface area contributed by atoms with E-state index in [9.17, 15) is 8.78 Å². The van der Waals surface area contributed by atoms with Gasteiger partial charge in [-0.1, -0.05) is 22.8 Å². The second-order valence-corrected chi connectivity index (χ2v) is 5.64. The second-order valence-electron chi connectivity index (χ2n) is 4.32. The fourth-order valence-corrected chi connectivity index (χ4v) is 2.25. The highest BCUT2D eigenvalue weighted by atomic mass is 79.9. The number of rotatable bonds is 4. The quantitative estimate of drug-likeness (QED) is 0.594. The minimum atomic E-state index is -2.74. The molecule has 2 aromatic heterocycles. The Balaban J connectivity index is 2.00. The van der Waals surface area contributed by atoms with Gasteiger partial charge in [-0.05, 0) is 28.1 Å². The van der Waals surface area contributed by atoms with E-state index in [0.717, 1.165) is 6.07 Å². The van der Waals surface area contributed by atoms with Crippen molar-refractivity contribution in [3.63, 3.8) is 0 Å². The first-order valence-electron chi connectivity index (χ1n) is 6.23. The number of alkyl halides is 2. The maximum absolute atomic E-state index is 12.7. The van der Waals surface area contributed by atoms with Gasteiger partial charge in [0.15, 0.2) is 5.76 Å². The van der Waals surface area contributed by atoms with Gasteiger partial charge in [0.2, 0.25) is 0 Å². The van der Waals surface area contributed by atoms with E-state index in [1.165, 1.54) is 12.4 Å². The molecule has 0 radical (unpaired) electrons. The lowest BCUT2D eigenvalue weighted by Gasteiger charge is -2.09. The number of halogens is 4. The summed E-state index contributed by atoms with van der Waals surface area (Å²) >= 11 is 9.35. The van der Waals surface area contributed by atoms with Gasteiger partial charge in [0, 0.05) is 18.5 Å². The zero-order valence-electron chi connectivity index (χ0n) is 11.2. The Hall–Kier alpha value is -2.06. The summed E-state index contributed by atoms with van der Waals surface area (Å²) in [5.74, 6) is 0.329. The van der Waals surface area contributed by atoms with Crippen LogP contribution in [0.4, 0.5) is 8.78 Å². The average Bonchev–Trinajstić information content (AvgIpc) is 2.99. The molecule has 23 heavy (non-hydrogen) atoms. The molecule has 0 saturated heterocycles. The number of aromatic nitrogens is 3. The van der Waals surface area contributed by atoms with Gasteiger partial charge in [-0.25, -0.2) is 18.7 Å². The van der Waals surface area contributed by atoms with Crippen LogP contribution >= 0.6 is 27.5 Å². The molecule has 0 saturated carbocycles. The highest BCUT2D eigenvalue weighted by molar-refractivity contribution is 9.10. The van der Waals surface area contributed by atoms with Gasteiger partial charge in [0.25, 0.3) is 6.43 Å². The molecular formula is C14H7BrClF2N3O2.